The number of imidazole rings is 1. The number of fused-ring (bicyclic) bond motifs is 2. The molecular weight excluding hydrogens is 538 g/mol. The Balaban J connectivity index is 1.19. The number of likely N-dealkylation sites (tertiary alicyclic amines) is 1. The van der Waals surface area contributed by atoms with Gasteiger partial charge in [0.2, 0.25) is 0 Å². The van der Waals surface area contributed by atoms with Crippen molar-refractivity contribution in [3.63, 3.8) is 0 Å². The van der Waals surface area contributed by atoms with Crippen LogP contribution in [0.15, 0.2) is 53.5 Å². The Hall–Kier alpha value is -4.99. The largest absolute Gasteiger partial charge is 0.491 e. The van der Waals surface area contributed by atoms with Gasteiger partial charge in [0.25, 0.3) is 17.4 Å². The van der Waals surface area contributed by atoms with E-state index < -0.39 is 11.7 Å². The molecule has 4 N–H and O–H groups in total. The van der Waals surface area contributed by atoms with Crippen LogP contribution in [0, 0.1) is 11.3 Å². The molecule has 1 unspecified atom stereocenters. The number of amides is 2. The molecule has 12 heteroatoms. The van der Waals surface area contributed by atoms with Gasteiger partial charge in [-0.25, -0.2) is 4.98 Å². The fourth-order valence-corrected chi connectivity index (χ4v) is 5.43. The molecule has 42 heavy (non-hydrogen) atoms. The molecule has 2 aliphatic rings. The number of anilines is 1. The number of aromatic nitrogens is 3. The van der Waals surface area contributed by atoms with Gasteiger partial charge in [-0.1, -0.05) is 0 Å². The summed E-state index contributed by atoms with van der Waals surface area (Å²) in [5, 5.41) is 22.5. The molecule has 12 nitrogen and oxygen atoms in total. The number of nitrogens with zero attached hydrogens (tertiary/aromatic N) is 4. The summed E-state index contributed by atoms with van der Waals surface area (Å²) in [6, 6.07) is 13.4. The Kier molecular flexibility index (Phi) is 7.20. The number of piperidine rings is 1. The summed E-state index contributed by atoms with van der Waals surface area (Å²) in [6.07, 6.45) is 2.06. The first-order valence-corrected chi connectivity index (χ1v) is 13.7. The number of ether oxygens (including phenoxy) is 1. The summed E-state index contributed by atoms with van der Waals surface area (Å²) in [5.41, 5.74) is 2.39. The summed E-state index contributed by atoms with van der Waals surface area (Å²) in [5.74, 6) is 0.159. The fourth-order valence-electron chi connectivity index (χ4n) is 5.43. The van der Waals surface area contributed by atoms with Crippen LogP contribution in [0.4, 0.5) is 5.69 Å². The van der Waals surface area contributed by atoms with E-state index in [-0.39, 0.29) is 42.4 Å². The van der Waals surface area contributed by atoms with Crippen molar-refractivity contribution in [1.29, 1.82) is 5.26 Å². The maximum Gasteiger partial charge on any atom is 0.261 e. The van der Waals surface area contributed by atoms with Crippen molar-refractivity contribution in [2.24, 2.45) is 0 Å². The van der Waals surface area contributed by atoms with Gasteiger partial charge in [-0.3, -0.25) is 19.3 Å². The number of H-pyrrole nitrogens is 2. The Labute approximate surface area is 240 Å². The van der Waals surface area contributed by atoms with E-state index in [1.165, 1.54) is 11.1 Å². The van der Waals surface area contributed by atoms with Gasteiger partial charge in [-0.2, -0.15) is 5.26 Å². The number of hydrogen-bond donors (Lipinski definition) is 4. The Bertz CT molecular complexity index is 1710. The lowest BCUT2D eigenvalue weighted by atomic mass is 10.0. The fraction of sp³-hybridized carbons (Fsp3) is 0.300. The predicted molar refractivity (Wildman–Crippen MR) is 154 cm³/mol. The molecule has 4 aromatic rings. The average Bonchev–Trinajstić information content (AvgIpc) is 3.51. The number of carbonyl (C=O) groups excluding carboxylic acids is 2. The van der Waals surface area contributed by atoms with Gasteiger partial charge >= 0.3 is 0 Å². The molecule has 6 rings (SSSR count). The Morgan fingerprint density at radius 1 is 1.12 bits per heavy atom. The average molecular weight is 568 g/mol. The number of nitriles is 1. The zero-order valence-corrected chi connectivity index (χ0v) is 22.9. The number of hydrogen-bond acceptors (Lipinski definition) is 9. The normalized spacial score (nSPS) is 16.5. The summed E-state index contributed by atoms with van der Waals surface area (Å²) >= 11 is 0. The van der Waals surface area contributed by atoms with Crippen LogP contribution in [-0.2, 0) is 0 Å². The molecule has 0 aliphatic carbocycles. The highest BCUT2D eigenvalue weighted by molar-refractivity contribution is 6.23. The van der Waals surface area contributed by atoms with Gasteiger partial charge in [-0.05, 0) is 75.4 Å². The van der Waals surface area contributed by atoms with Gasteiger partial charge in [-0.15, -0.1) is 0 Å². The van der Waals surface area contributed by atoms with Crippen molar-refractivity contribution in [2.75, 3.05) is 38.6 Å². The van der Waals surface area contributed by atoms with Crippen LogP contribution >= 0.6 is 0 Å². The van der Waals surface area contributed by atoms with Crippen LogP contribution in [0.2, 0.25) is 0 Å². The SMILES string of the molecule is CN1CCC(N2C(=O)c3cc4nc(-c5c(NCC(O)COc6ccc(C#N)cc6)cc[nH]c5=O)[nH]c4cc3C2=O)CC1. The van der Waals surface area contributed by atoms with Crippen molar-refractivity contribution in [2.45, 2.75) is 25.0 Å². The third kappa shape index (κ3) is 5.11. The molecule has 2 amide bonds. The lowest BCUT2D eigenvalue weighted by Crippen LogP contribution is -2.46. The number of imide groups is 1. The summed E-state index contributed by atoms with van der Waals surface area (Å²) < 4.78 is 5.59. The number of aliphatic hydroxyl groups excluding tert-OH is 1. The molecule has 2 aliphatic heterocycles. The van der Waals surface area contributed by atoms with E-state index in [0.717, 1.165) is 25.9 Å². The predicted octanol–water partition coefficient (Wildman–Crippen LogP) is 2.33. The highest BCUT2D eigenvalue weighted by atomic mass is 16.5. The molecular formula is C30H29N7O5. The van der Waals surface area contributed by atoms with Crippen molar-refractivity contribution in [3.8, 4) is 23.2 Å². The van der Waals surface area contributed by atoms with Crippen molar-refractivity contribution < 1.29 is 19.4 Å². The van der Waals surface area contributed by atoms with E-state index in [1.807, 2.05) is 13.1 Å². The number of aromatic amines is 2. The monoisotopic (exact) mass is 567 g/mol. The number of aliphatic hydroxyl groups is 1. The molecule has 2 aromatic heterocycles. The molecule has 1 atom stereocenters. The van der Waals surface area contributed by atoms with Crippen LogP contribution < -0.4 is 15.6 Å². The van der Waals surface area contributed by atoms with Crippen LogP contribution in [0.3, 0.4) is 0 Å². The van der Waals surface area contributed by atoms with Crippen molar-refractivity contribution in [1.82, 2.24) is 24.8 Å². The van der Waals surface area contributed by atoms with Gasteiger partial charge in [0.05, 0.1) is 39.5 Å². The van der Waals surface area contributed by atoms with Crippen LogP contribution in [0.25, 0.3) is 22.4 Å². The second-order valence-electron chi connectivity index (χ2n) is 10.6. The van der Waals surface area contributed by atoms with E-state index >= 15 is 0 Å². The van der Waals surface area contributed by atoms with Crippen molar-refractivity contribution >= 4 is 28.5 Å². The minimum Gasteiger partial charge on any atom is -0.491 e. The highest BCUT2D eigenvalue weighted by Crippen LogP contribution is 2.32. The van der Waals surface area contributed by atoms with E-state index in [9.17, 15) is 19.5 Å². The zero-order valence-electron chi connectivity index (χ0n) is 22.9. The van der Waals surface area contributed by atoms with Crippen LogP contribution in [0.5, 0.6) is 5.75 Å². The lowest BCUT2D eigenvalue weighted by molar-refractivity contribution is 0.0516. The standard InChI is InChI=1S/C30H29N7O5/c1-36-10-7-18(8-11-36)37-29(40)21-12-24-25(13-22(21)30(37)41)35-27(34-24)26-23(6-9-32-28(26)39)33-15-19(38)16-42-20-4-2-17(14-31)3-5-20/h2-6,9,12-13,18-19,38H,7-8,10-11,15-16H2,1H3,(H,34,35)(H2,32,33,39). The zero-order chi connectivity index (χ0) is 29.4. The Morgan fingerprint density at radius 3 is 2.55 bits per heavy atom. The molecule has 0 spiro atoms. The van der Waals surface area contributed by atoms with E-state index in [4.69, 9.17) is 10.00 Å². The van der Waals surface area contributed by atoms with E-state index in [0.29, 0.717) is 39.2 Å². The summed E-state index contributed by atoms with van der Waals surface area (Å²) in [7, 11) is 2.03. The second kappa shape index (κ2) is 11.1. The van der Waals surface area contributed by atoms with Crippen LogP contribution in [0.1, 0.15) is 39.1 Å². The van der Waals surface area contributed by atoms with Gasteiger partial charge in [0.15, 0.2) is 0 Å². The quantitative estimate of drug-likeness (QED) is 0.234. The molecule has 0 saturated carbocycles. The molecule has 0 radical (unpaired) electrons. The lowest BCUT2D eigenvalue weighted by Gasteiger charge is -2.33. The smallest absolute Gasteiger partial charge is 0.261 e. The first kappa shape index (κ1) is 27.2. The minimum atomic E-state index is -0.907. The second-order valence-corrected chi connectivity index (χ2v) is 10.6. The number of carbonyl (C=O) groups is 2. The van der Waals surface area contributed by atoms with E-state index in [2.05, 4.69) is 25.2 Å². The Morgan fingerprint density at radius 2 is 1.83 bits per heavy atom. The van der Waals surface area contributed by atoms with Crippen LogP contribution in [-0.4, -0.2) is 87.1 Å². The molecule has 2 aromatic carbocycles. The highest BCUT2D eigenvalue weighted by Gasteiger charge is 2.41. The molecule has 4 heterocycles. The van der Waals surface area contributed by atoms with Gasteiger partial charge < -0.3 is 30.0 Å². The maximum atomic E-state index is 13.3. The van der Waals surface area contributed by atoms with Gasteiger partial charge in [0, 0.05) is 18.8 Å². The number of rotatable bonds is 8. The van der Waals surface area contributed by atoms with Gasteiger partial charge in [0.1, 0.15) is 29.8 Å². The number of nitrogens with one attached hydrogen (secondary N) is 3. The summed E-state index contributed by atoms with van der Waals surface area (Å²) in [6.45, 7) is 1.72. The third-order valence-corrected chi connectivity index (χ3v) is 7.72. The van der Waals surface area contributed by atoms with E-state index in [1.54, 1.807) is 42.5 Å². The first-order valence-electron chi connectivity index (χ1n) is 13.7. The van der Waals surface area contributed by atoms with Crippen molar-refractivity contribution in [3.05, 3.63) is 75.7 Å². The molecule has 1 saturated heterocycles. The maximum absolute atomic E-state index is 13.3. The number of benzene rings is 2. The number of pyridine rings is 1. The molecule has 1 fully saturated rings. The summed E-state index contributed by atoms with van der Waals surface area (Å²) in [4.78, 5) is 53.4. The molecule has 0 bridgehead atoms. The topological polar surface area (TPSA) is 167 Å². The minimum absolute atomic E-state index is 0.00967. The first-order chi connectivity index (χ1) is 20.3. The molecule has 214 valence electrons. The third-order valence-electron chi connectivity index (χ3n) is 7.72.